The fourth-order valence-electron chi connectivity index (χ4n) is 3.08. The summed E-state index contributed by atoms with van der Waals surface area (Å²) in [6, 6.07) is 0. The van der Waals surface area contributed by atoms with E-state index in [0.29, 0.717) is 18.9 Å². The zero-order chi connectivity index (χ0) is 15.4. The van der Waals surface area contributed by atoms with Crippen LogP contribution in [0.2, 0.25) is 0 Å². The molecule has 1 aliphatic rings. The van der Waals surface area contributed by atoms with Crippen LogP contribution in [-0.2, 0) is 11.3 Å². The number of aromatic nitrogens is 1. The molecule has 0 bridgehead atoms. The van der Waals surface area contributed by atoms with Gasteiger partial charge in [0.2, 0.25) is 5.91 Å². The number of amides is 1. The first kappa shape index (κ1) is 16.0. The summed E-state index contributed by atoms with van der Waals surface area (Å²) < 4.78 is 5.15. The second-order valence-electron chi connectivity index (χ2n) is 6.36. The number of piperidine rings is 1. The smallest absolute Gasteiger partial charge is 0.222 e. The average molecular weight is 293 g/mol. The Hall–Kier alpha value is -1.36. The first-order valence-corrected chi connectivity index (χ1v) is 7.81. The minimum atomic E-state index is 0.211. The Morgan fingerprint density at radius 2 is 2.24 bits per heavy atom. The van der Waals surface area contributed by atoms with Crippen molar-refractivity contribution in [2.75, 3.05) is 27.2 Å². The minimum absolute atomic E-state index is 0.211. The van der Waals surface area contributed by atoms with Gasteiger partial charge >= 0.3 is 0 Å². The number of likely N-dealkylation sites (tertiary alicyclic amines) is 1. The second kappa shape index (κ2) is 7.07. The van der Waals surface area contributed by atoms with Crippen molar-refractivity contribution in [2.45, 2.75) is 46.1 Å². The van der Waals surface area contributed by atoms with Crippen LogP contribution in [0.25, 0.3) is 0 Å². The second-order valence-corrected chi connectivity index (χ2v) is 6.36. The van der Waals surface area contributed by atoms with Gasteiger partial charge in [-0.3, -0.25) is 4.79 Å². The van der Waals surface area contributed by atoms with E-state index in [-0.39, 0.29) is 5.91 Å². The highest BCUT2D eigenvalue weighted by atomic mass is 16.5. The van der Waals surface area contributed by atoms with Crippen LogP contribution in [0.4, 0.5) is 0 Å². The van der Waals surface area contributed by atoms with E-state index in [1.807, 2.05) is 20.9 Å². The van der Waals surface area contributed by atoms with Crippen molar-refractivity contribution < 1.29 is 9.32 Å². The molecule has 1 saturated heterocycles. The molecule has 0 N–H and O–H groups in total. The van der Waals surface area contributed by atoms with Gasteiger partial charge in [-0.1, -0.05) is 5.16 Å². The number of carbonyl (C=O) groups excluding carboxylic acids is 1. The van der Waals surface area contributed by atoms with E-state index in [1.54, 1.807) is 4.90 Å². The molecule has 0 saturated carbocycles. The molecule has 0 radical (unpaired) electrons. The van der Waals surface area contributed by atoms with Gasteiger partial charge in [-0.15, -0.1) is 0 Å². The van der Waals surface area contributed by atoms with Crippen LogP contribution in [-0.4, -0.2) is 48.0 Å². The molecular weight excluding hydrogens is 266 g/mol. The first-order valence-electron chi connectivity index (χ1n) is 7.81. The fourth-order valence-corrected chi connectivity index (χ4v) is 3.08. The van der Waals surface area contributed by atoms with E-state index in [0.717, 1.165) is 30.0 Å². The van der Waals surface area contributed by atoms with Gasteiger partial charge < -0.3 is 14.3 Å². The van der Waals surface area contributed by atoms with Crippen molar-refractivity contribution in [1.82, 2.24) is 15.0 Å². The van der Waals surface area contributed by atoms with Crippen LogP contribution in [0, 0.1) is 19.8 Å². The monoisotopic (exact) mass is 293 g/mol. The summed E-state index contributed by atoms with van der Waals surface area (Å²) in [6.07, 6.45) is 4.14. The minimum Gasteiger partial charge on any atom is -0.361 e. The summed E-state index contributed by atoms with van der Waals surface area (Å²) in [5, 5.41) is 3.94. The number of hydrogen-bond acceptors (Lipinski definition) is 4. The Morgan fingerprint density at radius 1 is 1.48 bits per heavy atom. The molecule has 1 aromatic heterocycles. The number of hydrogen-bond donors (Lipinski definition) is 0. The van der Waals surface area contributed by atoms with Crippen LogP contribution < -0.4 is 0 Å². The standard InChI is InChI=1S/C16H27N3O2/c1-12-15(13(2)21-17-12)11-19(4)16(20)8-7-14-6-5-9-18(3)10-14/h14H,5-11H2,1-4H3/t14-/m0/s1. The number of aryl methyl sites for hydroxylation is 2. The predicted molar refractivity (Wildman–Crippen MR) is 81.9 cm³/mol. The average Bonchev–Trinajstić information content (AvgIpc) is 2.76. The summed E-state index contributed by atoms with van der Waals surface area (Å²) in [5.41, 5.74) is 1.91. The largest absolute Gasteiger partial charge is 0.361 e. The van der Waals surface area contributed by atoms with Gasteiger partial charge in [0.15, 0.2) is 0 Å². The molecule has 0 aliphatic carbocycles. The first-order chi connectivity index (χ1) is 9.97. The van der Waals surface area contributed by atoms with Crippen molar-refractivity contribution in [3.05, 3.63) is 17.0 Å². The van der Waals surface area contributed by atoms with E-state index in [2.05, 4.69) is 17.1 Å². The lowest BCUT2D eigenvalue weighted by molar-refractivity contribution is -0.130. The van der Waals surface area contributed by atoms with Gasteiger partial charge in [0.05, 0.1) is 12.2 Å². The molecule has 1 atom stereocenters. The molecule has 21 heavy (non-hydrogen) atoms. The normalized spacial score (nSPS) is 19.7. The molecule has 1 amide bonds. The zero-order valence-electron chi connectivity index (χ0n) is 13.7. The molecule has 1 aliphatic heterocycles. The van der Waals surface area contributed by atoms with Crippen LogP contribution in [0.3, 0.4) is 0 Å². The Labute approximate surface area is 127 Å². The maximum atomic E-state index is 12.3. The van der Waals surface area contributed by atoms with Gasteiger partial charge in [-0.05, 0) is 52.6 Å². The Balaban J connectivity index is 1.80. The number of rotatable bonds is 5. The highest BCUT2D eigenvalue weighted by Gasteiger charge is 2.20. The van der Waals surface area contributed by atoms with E-state index in [1.165, 1.54) is 19.4 Å². The van der Waals surface area contributed by atoms with Gasteiger partial charge in [-0.2, -0.15) is 0 Å². The van der Waals surface area contributed by atoms with Gasteiger partial charge in [0.25, 0.3) is 0 Å². The van der Waals surface area contributed by atoms with Crippen LogP contribution >= 0.6 is 0 Å². The molecule has 5 heteroatoms. The summed E-state index contributed by atoms with van der Waals surface area (Å²) in [7, 11) is 4.03. The lowest BCUT2D eigenvalue weighted by Gasteiger charge is -2.29. The maximum absolute atomic E-state index is 12.3. The number of nitrogens with zero attached hydrogens (tertiary/aromatic N) is 3. The SMILES string of the molecule is Cc1noc(C)c1CN(C)C(=O)CC[C@@H]1CCCN(C)C1. The number of carbonyl (C=O) groups is 1. The molecule has 5 nitrogen and oxygen atoms in total. The van der Waals surface area contributed by atoms with Crippen LogP contribution in [0.15, 0.2) is 4.52 Å². The van der Waals surface area contributed by atoms with E-state index >= 15 is 0 Å². The van der Waals surface area contributed by atoms with E-state index in [9.17, 15) is 4.79 Å². The molecule has 0 spiro atoms. The zero-order valence-corrected chi connectivity index (χ0v) is 13.7. The molecule has 1 fully saturated rings. The summed E-state index contributed by atoms with van der Waals surface area (Å²) in [5.74, 6) is 1.68. The Kier molecular flexibility index (Phi) is 5.39. The molecule has 0 aromatic carbocycles. The van der Waals surface area contributed by atoms with Crippen LogP contribution in [0.5, 0.6) is 0 Å². The predicted octanol–water partition coefficient (Wildman–Crippen LogP) is 2.37. The highest BCUT2D eigenvalue weighted by Crippen LogP contribution is 2.21. The van der Waals surface area contributed by atoms with Crippen molar-refractivity contribution >= 4 is 5.91 Å². The topological polar surface area (TPSA) is 49.6 Å². The fraction of sp³-hybridized carbons (Fsp3) is 0.750. The van der Waals surface area contributed by atoms with Crippen molar-refractivity contribution in [1.29, 1.82) is 0 Å². The third kappa shape index (κ3) is 4.30. The third-order valence-electron chi connectivity index (χ3n) is 4.49. The van der Waals surface area contributed by atoms with Crippen LogP contribution in [0.1, 0.15) is 42.7 Å². The lowest BCUT2D eigenvalue weighted by Crippen LogP contribution is -2.33. The van der Waals surface area contributed by atoms with Gasteiger partial charge in [0.1, 0.15) is 5.76 Å². The molecule has 0 unspecified atom stereocenters. The summed E-state index contributed by atoms with van der Waals surface area (Å²) in [6.45, 7) is 6.72. The Morgan fingerprint density at radius 3 is 2.86 bits per heavy atom. The highest BCUT2D eigenvalue weighted by molar-refractivity contribution is 5.75. The molecule has 2 heterocycles. The molecule has 118 valence electrons. The molecular formula is C16H27N3O2. The van der Waals surface area contributed by atoms with Gasteiger partial charge in [-0.25, -0.2) is 0 Å². The summed E-state index contributed by atoms with van der Waals surface area (Å²) in [4.78, 5) is 16.4. The van der Waals surface area contributed by atoms with E-state index in [4.69, 9.17) is 4.52 Å². The van der Waals surface area contributed by atoms with Crippen molar-refractivity contribution in [2.24, 2.45) is 5.92 Å². The molecule has 1 aromatic rings. The van der Waals surface area contributed by atoms with Crippen molar-refractivity contribution in [3.8, 4) is 0 Å². The van der Waals surface area contributed by atoms with E-state index < -0.39 is 0 Å². The quantitative estimate of drug-likeness (QED) is 0.836. The Bertz CT molecular complexity index is 464. The maximum Gasteiger partial charge on any atom is 0.222 e. The third-order valence-corrected chi connectivity index (χ3v) is 4.49. The van der Waals surface area contributed by atoms with Gasteiger partial charge in [0, 0.05) is 25.6 Å². The lowest BCUT2D eigenvalue weighted by atomic mass is 9.93. The molecule has 2 rings (SSSR count). The van der Waals surface area contributed by atoms with Crippen molar-refractivity contribution in [3.63, 3.8) is 0 Å². The summed E-state index contributed by atoms with van der Waals surface area (Å²) >= 11 is 0.